The van der Waals surface area contributed by atoms with Gasteiger partial charge in [0.2, 0.25) is 11.8 Å². The van der Waals surface area contributed by atoms with Crippen LogP contribution in [0.4, 0.5) is 0 Å². The average Bonchev–Trinajstić information content (AvgIpc) is 2.51. The highest BCUT2D eigenvalue weighted by atomic mass is 16.6. The maximum Gasteiger partial charge on any atom is 0.223 e. The quantitative estimate of drug-likeness (QED) is 0.256. The summed E-state index contributed by atoms with van der Waals surface area (Å²) in [5.41, 5.74) is 4.32. The van der Waals surface area contributed by atoms with Crippen molar-refractivity contribution in [2.45, 2.75) is 26.5 Å². The van der Waals surface area contributed by atoms with Crippen molar-refractivity contribution >= 4 is 11.8 Å². The Labute approximate surface area is 142 Å². The predicted octanol–water partition coefficient (Wildman–Crippen LogP) is -0.981. The second kappa shape index (κ2) is 13.1. The molecule has 0 spiro atoms. The van der Waals surface area contributed by atoms with Crippen molar-refractivity contribution in [3.63, 3.8) is 0 Å². The Morgan fingerprint density at radius 1 is 1.08 bits per heavy atom. The highest BCUT2D eigenvalue weighted by molar-refractivity contribution is 5.87. The molecule has 0 aliphatic heterocycles. The number of carbonyl (C=O) groups is 2. The minimum atomic E-state index is -0.921. The van der Waals surface area contributed by atoms with Crippen LogP contribution in [0.2, 0.25) is 0 Å². The number of primary amides is 1. The highest BCUT2D eigenvalue weighted by Crippen LogP contribution is 2.19. The Bertz CT molecular complexity index is 364. The van der Waals surface area contributed by atoms with Gasteiger partial charge in [-0.1, -0.05) is 13.8 Å². The van der Waals surface area contributed by atoms with Crippen molar-refractivity contribution in [3.05, 3.63) is 0 Å². The van der Waals surface area contributed by atoms with E-state index in [2.05, 4.69) is 5.32 Å². The van der Waals surface area contributed by atoms with Gasteiger partial charge in [-0.15, -0.1) is 0 Å². The summed E-state index contributed by atoms with van der Waals surface area (Å²) in [6, 6.07) is 0. The first-order valence-corrected chi connectivity index (χ1v) is 7.79. The average molecular weight is 350 g/mol. The summed E-state index contributed by atoms with van der Waals surface area (Å²) in [5, 5.41) is 11.1. The van der Waals surface area contributed by atoms with Crippen LogP contribution in [0.3, 0.4) is 0 Å². The van der Waals surface area contributed by atoms with Crippen LogP contribution in [0.25, 0.3) is 0 Å². The van der Waals surface area contributed by atoms with Crippen LogP contribution in [-0.2, 0) is 28.5 Å². The van der Waals surface area contributed by atoms with Gasteiger partial charge in [0.05, 0.1) is 51.7 Å². The van der Waals surface area contributed by atoms with E-state index in [1.807, 2.05) is 0 Å². The van der Waals surface area contributed by atoms with Gasteiger partial charge in [0.1, 0.15) is 0 Å². The number of aliphatic hydroxyl groups is 1. The van der Waals surface area contributed by atoms with Gasteiger partial charge in [-0.05, 0) is 0 Å². The molecule has 0 bridgehead atoms. The molecule has 24 heavy (non-hydrogen) atoms. The van der Waals surface area contributed by atoms with Crippen molar-refractivity contribution in [3.8, 4) is 0 Å². The fourth-order valence-electron chi connectivity index (χ4n) is 1.58. The van der Waals surface area contributed by atoms with E-state index in [4.69, 9.17) is 29.8 Å². The fraction of sp³-hybridized carbons (Fsp3) is 0.867. The monoisotopic (exact) mass is 350 g/mol. The molecule has 0 radical (unpaired) electrons. The van der Waals surface area contributed by atoms with Gasteiger partial charge >= 0.3 is 0 Å². The van der Waals surface area contributed by atoms with E-state index in [-0.39, 0.29) is 25.5 Å². The van der Waals surface area contributed by atoms with Crippen LogP contribution in [0.5, 0.6) is 0 Å². The Hall–Kier alpha value is -1.26. The lowest BCUT2D eigenvalue weighted by Gasteiger charge is -2.22. The molecule has 0 saturated heterocycles. The molecule has 0 fully saturated rings. The molecule has 1 atom stereocenters. The number of nitrogens with one attached hydrogen (secondary N) is 1. The third-order valence-electron chi connectivity index (χ3n) is 3.12. The normalized spacial score (nSPS) is 12.8. The van der Waals surface area contributed by atoms with Gasteiger partial charge in [0.15, 0.2) is 6.23 Å². The zero-order valence-electron chi connectivity index (χ0n) is 14.7. The maximum absolute atomic E-state index is 11.9. The number of hydrogen-bond donors (Lipinski definition) is 3. The van der Waals surface area contributed by atoms with Crippen LogP contribution in [-0.4, -0.2) is 76.5 Å². The summed E-state index contributed by atoms with van der Waals surface area (Å²) in [4.78, 5) is 23.1. The van der Waals surface area contributed by atoms with E-state index in [1.54, 1.807) is 13.8 Å². The third-order valence-corrected chi connectivity index (χ3v) is 3.12. The number of nitrogens with two attached hydrogens (primary N) is 1. The maximum atomic E-state index is 11.9. The van der Waals surface area contributed by atoms with Crippen molar-refractivity contribution in [2.75, 3.05) is 53.4 Å². The van der Waals surface area contributed by atoms with Crippen molar-refractivity contribution in [2.24, 2.45) is 11.1 Å². The van der Waals surface area contributed by atoms with Crippen molar-refractivity contribution in [1.29, 1.82) is 0 Å². The number of ether oxygens (including phenoxy) is 4. The van der Waals surface area contributed by atoms with Crippen LogP contribution in [0, 0.1) is 5.41 Å². The molecule has 0 aromatic carbocycles. The summed E-state index contributed by atoms with van der Waals surface area (Å²) >= 11 is 0. The molecule has 0 aliphatic rings. The van der Waals surface area contributed by atoms with Gasteiger partial charge in [-0.2, -0.15) is 0 Å². The van der Waals surface area contributed by atoms with Crippen LogP contribution >= 0.6 is 0 Å². The number of aliphatic hydroxyl groups excluding tert-OH is 1. The lowest BCUT2D eigenvalue weighted by molar-refractivity contribution is -0.135. The number of carbonyl (C=O) groups excluding carboxylic acids is 2. The zero-order chi connectivity index (χ0) is 18.4. The van der Waals surface area contributed by atoms with E-state index < -0.39 is 17.6 Å². The molecule has 0 aromatic rings. The van der Waals surface area contributed by atoms with Gasteiger partial charge in [0.25, 0.3) is 0 Å². The molecule has 9 nitrogen and oxygen atoms in total. The molecule has 4 N–H and O–H groups in total. The Balaban J connectivity index is 3.80. The first kappa shape index (κ1) is 22.7. The predicted molar refractivity (Wildman–Crippen MR) is 86.1 cm³/mol. The molecule has 0 saturated carbocycles. The smallest absolute Gasteiger partial charge is 0.223 e. The van der Waals surface area contributed by atoms with E-state index in [9.17, 15) is 9.59 Å². The number of amides is 2. The first-order valence-electron chi connectivity index (χ1n) is 7.79. The summed E-state index contributed by atoms with van der Waals surface area (Å²) in [6.07, 6.45) is -0.645. The molecule has 0 unspecified atom stereocenters. The summed E-state index contributed by atoms with van der Waals surface area (Å²) in [6.45, 7) is 5.19. The summed E-state index contributed by atoms with van der Waals surface area (Å²) in [7, 11) is 1.45. The second-order valence-corrected chi connectivity index (χ2v) is 5.74. The standard InChI is InChI=1S/C15H30N2O7/c1-15(2,14(16)20)10-12(19)17-13(21-3)11-24-9-8-23-7-6-22-5-4-18/h13,18H,4-11H2,1-3H3,(H2,16,20)(H,17,19)/t13-/m0/s1. The fourth-order valence-corrected chi connectivity index (χ4v) is 1.58. The number of rotatable bonds is 15. The molecular weight excluding hydrogens is 320 g/mol. The van der Waals surface area contributed by atoms with Gasteiger partial charge in [-0.3, -0.25) is 9.59 Å². The molecule has 0 aromatic heterocycles. The minimum Gasteiger partial charge on any atom is -0.394 e. The number of hydrogen-bond acceptors (Lipinski definition) is 7. The van der Waals surface area contributed by atoms with E-state index >= 15 is 0 Å². The summed E-state index contributed by atoms with van der Waals surface area (Å²) < 4.78 is 20.8. The largest absolute Gasteiger partial charge is 0.394 e. The van der Waals surface area contributed by atoms with Crippen molar-refractivity contribution < 1.29 is 33.6 Å². The molecular formula is C15H30N2O7. The second-order valence-electron chi connectivity index (χ2n) is 5.74. The van der Waals surface area contributed by atoms with Gasteiger partial charge in [0, 0.05) is 13.5 Å². The molecule has 0 aliphatic carbocycles. The molecule has 142 valence electrons. The SMILES string of the molecule is CO[C@@H](COCCOCCOCCO)NC(=O)CC(C)(C)C(N)=O. The van der Waals surface area contributed by atoms with Crippen molar-refractivity contribution in [1.82, 2.24) is 5.32 Å². The van der Waals surface area contributed by atoms with E-state index in [0.717, 1.165) is 0 Å². The Morgan fingerprint density at radius 3 is 2.12 bits per heavy atom. The molecule has 9 heteroatoms. The van der Waals surface area contributed by atoms with Crippen LogP contribution in [0.1, 0.15) is 20.3 Å². The molecule has 2 amide bonds. The molecule has 0 rings (SSSR count). The molecule has 0 heterocycles. The van der Waals surface area contributed by atoms with Gasteiger partial charge < -0.3 is 35.1 Å². The van der Waals surface area contributed by atoms with Crippen LogP contribution in [0.15, 0.2) is 0 Å². The first-order chi connectivity index (χ1) is 11.3. The van der Waals surface area contributed by atoms with E-state index in [1.165, 1.54) is 7.11 Å². The minimum absolute atomic E-state index is 0.0101. The Morgan fingerprint density at radius 2 is 1.62 bits per heavy atom. The summed E-state index contributed by atoms with van der Waals surface area (Å²) in [5.74, 6) is -0.880. The third kappa shape index (κ3) is 11.3. The Kier molecular flexibility index (Phi) is 12.4. The number of methoxy groups -OCH3 is 1. The lowest BCUT2D eigenvalue weighted by atomic mass is 9.88. The lowest BCUT2D eigenvalue weighted by Crippen LogP contribution is -2.43. The topological polar surface area (TPSA) is 129 Å². The van der Waals surface area contributed by atoms with E-state index in [0.29, 0.717) is 33.0 Å². The van der Waals surface area contributed by atoms with Crippen LogP contribution < -0.4 is 11.1 Å². The van der Waals surface area contributed by atoms with Gasteiger partial charge in [-0.25, -0.2) is 0 Å². The zero-order valence-corrected chi connectivity index (χ0v) is 14.7. The highest BCUT2D eigenvalue weighted by Gasteiger charge is 2.29.